The highest BCUT2D eigenvalue weighted by atomic mass is 35.5. The second-order valence-electron chi connectivity index (χ2n) is 6.76. The van der Waals surface area contributed by atoms with Gasteiger partial charge in [-0.15, -0.1) is 11.6 Å². The van der Waals surface area contributed by atoms with Gasteiger partial charge in [0.15, 0.2) is 5.13 Å². The molecule has 6 nitrogen and oxygen atoms in total. The molecule has 0 saturated heterocycles. The third kappa shape index (κ3) is 3.55. The molecule has 0 unspecified atom stereocenters. The zero-order chi connectivity index (χ0) is 21.3. The lowest BCUT2D eigenvalue weighted by Crippen LogP contribution is -2.32. The molecular weight excluding hydrogens is 424 g/mol. The number of rotatable bonds is 6. The predicted octanol–water partition coefficient (Wildman–Crippen LogP) is 5.36. The molecule has 0 spiro atoms. The molecule has 0 atom stereocenters. The van der Waals surface area contributed by atoms with E-state index in [4.69, 9.17) is 16.3 Å². The number of amides is 1. The molecule has 0 saturated carbocycles. The fourth-order valence-corrected chi connectivity index (χ4v) is 4.97. The number of carbonyl (C=O) groups excluding carboxylic acids is 1. The Morgan fingerprint density at radius 2 is 1.73 bits per heavy atom. The number of aromatic carboxylic acids is 1. The van der Waals surface area contributed by atoms with Crippen LogP contribution in [0.3, 0.4) is 0 Å². The summed E-state index contributed by atoms with van der Waals surface area (Å²) in [6, 6.07) is 16.2. The molecule has 1 aliphatic rings. The van der Waals surface area contributed by atoms with Crippen LogP contribution in [0.25, 0.3) is 11.1 Å². The van der Waals surface area contributed by atoms with Gasteiger partial charge in [-0.2, -0.15) is 0 Å². The fraction of sp³-hybridized carbons (Fsp3) is 0.227. The number of aromatic nitrogens is 1. The van der Waals surface area contributed by atoms with Gasteiger partial charge >= 0.3 is 12.1 Å². The highest BCUT2D eigenvalue weighted by Gasteiger charge is 2.30. The van der Waals surface area contributed by atoms with Gasteiger partial charge < -0.3 is 9.84 Å². The Morgan fingerprint density at radius 1 is 1.13 bits per heavy atom. The van der Waals surface area contributed by atoms with E-state index >= 15 is 0 Å². The second-order valence-corrected chi connectivity index (χ2v) is 8.00. The predicted molar refractivity (Wildman–Crippen MR) is 117 cm³/mol. The minimum atomic E-state index is -1.11. The van der Waals surface area contributed by atoms with Gasteiger partial charge in [-0.25, -0.2) is 14.6 Å². The minimum Gasteiger partial charge on any atom is -0.477 e. The molecule has 154 valence electrons. The first-order valence-corrected chi connectivity index (χ1v) is 10.8. The third-order valence-electron chi connectivity index (χ3n) is 5.11. The topological polar surface area (TPSA) is 79.7 Å². The molecule has 30 heavy (non-hydrogen) atoms. The maximum Gasteiger partial charge on any atom is 0.416 e. The van der Waals surface area contributed by atoms with Crippen LogP contribution in [-0.2, 0) is 10.6 Å². The number of hydrogen-bond acceptors (Lipinski definition) is 5. The van der Waals surface area contributed by atoms with Crippen LogP contribution in [-0.4, -0.2) is 35.3 Å². The molecule has 1 aliphatic carbocycles. The van der Waals surface area contributed by atoms with Gasteiger partial charge in [-0.05, 0) is 29.2 Å². The van der Waals surface area contributed by atoms with E-state index in [0.717, 1.165) is 33.6 Å². The van der Waals surface area contributed by atoms with Crippen LogP contribution in [0.2, 0.25) is 0 Å². The molecule has 0 fully saturated rings. The quantitative estimate of drug-likeness (QED) is 0.520. The number of anilines is 1. The number of halogens is 1. The van der Waals surface area contributed by atoms with E-state index in [-0.39, 0.29) is 34.1 Å². The molecule has 2 aromatic carbocycles. The Bertz CT molecular complexity index is 1070. The summed E-state index contributed by atoms with van der Waals surface area (Å²) in [4.78, 5) is 29.8. The van der Waals surface area contributed by atoms with Crippen molar-refractivity contribution in [1.82, 2.24) is 4.98 Å². The van der Waals surface area contributed by atoms with Crippen LogP contribution < -0.4 is 4.90 Å². The van der Waals surface area contributed by atoms with Crippen molar-refractivity contribution < 1.29 is 19.4 Å². The molecular formula is C22H19ClN2O4S. The first kappa shape index (κ1) is 20.4. The Kier molecular flexibility index (Phi) is 5.74. The van der Waals surface area contributed by atoms with E-state index in [1.54, 1.807) is 6.92 Å². The van der Waals surface area contributed by atoms with Crippen molar-refractivity contribution in [2.45, 2.75) is 18.7 Å². The summed E-state index contributed by atoms with van der Waals surface area (Å²) in [6.07, 6.45) is -0.564. The van der Waals surface area contributed by atoms with Crippen LogP contribution >= 0.6 is 22.9 Å². The zero-order valence-corrected chi connectivity index (χ0v) is 17.7. The molecule has 1 aromatic heterocycles. The van der Waals surface area contributed by atoms with E-state index in [0.29, 0.717) is 6.54 Å². The summed E-state index contributed by atoms with van der Waals surface area (Å²) >= 11 is 6.72. The average molecular weight is 443 g/mol. The van der Waals surface area contributed by atoms with Crippen molar-refractivity contribution in [3.63, 3.8) is 0 Å². The lowest BCUT2D eigenvalue weighted by atomic mass is 9.98. The number of nitrogens with zero attached hydrogens (tertiary/aromatic N) is 2. The molecule has 0 bridgehead atoms. The largest absolute Gasteiger partial charge is 0.477 e. The second kappa shape index (κ2) is 8.45. The fourth-order valence-electron chi connectivity index (χ4n) is 3.73. The Labute approximate surface area is 182 Å². The number of benzene rings is 2. The number of carboxylic acid groups (broad SMARTS) is 1. The van der Waals surface area contributed by atoms with Crippen LogP contribution in [0.5, 0.6) is 0 Å². The van der Waals surface area contributed by atoms with Crippen LogP contribution in [0.1, 0.15) is 39.3 Å². The SMILES string of the molecule is CCN(C(=O)OCC1c2ccccc2-c2ccccc21)c1nc(CCl)c(C(=O)O)s1. The van der Waals surface area contributed by atoms with Crippen molar-refractivity contribution in [2.24, 2.45) is 0 Å². The van der Waals surface area contributed by atoms with Gasteiger partial charge in [-0.3, -0.25) is 4.90 Å². The first-order valence-electron chi connectivity index (χ1n) is 9.46. The Balaban J connectivity index is 1.55. The van der Waals surface area contributed by atoms with E-state index in [9.17, 15) is 14.7 Å². The lowest BCUT2D eigenvalue weighted by Gasteiger charge is -2.20. The monoisotopic (exact) mass is 442 g/mol. The summed E-state index contributed by atoms with van der Waals surface area (Å²) in [6.45, 7) is 2.26. The molecule has 0 radical (unpaired) electrons. The first-order chi connectivity index (χ1) is 14.5. The number of carboxylic acids is 1. The van der Waals surface area contributed by atoms with Crippen LogP contribution in [0, 0.1) is 0 Å². The van der Waals surface area contributed by atoms with E-state index in [2.05, 4.69) is 29.2 Å². The number of fused-ring (bicyclic) bond motifs is 3. The highest BCUT2D eigenvalue weighted by Crippen LogP contribution is 2.44. The van der Waals surface area contributed by atoms with Crippen LogP contribution in [0.15, 0.2) is 48.5 Å². The van der Waals surface area contributed by atoms with Crippen molar-refractivity contribution in [2.75, 3.05) is 18.1 Å². The van der Waals surface area contributed by atoms with Gasteiger partial charge in [0, 0.05) is 12.5 Å². The third-order valence-corrected chi connectivity index (χ3v) is 6.47. The van der Waals surface area contributed by atoms with Crippen molar-refractivity contribution in [3.8, 4) is 11.1 Å². The van der Waals surface area contributed by atoms with Crippen molar-refractivity contribution in [3.05, 3.63) is 70.2 Å². The zero-order valence-electron chi connectivity index (χ0n) is 16.2. The standard InChI is InChI=1S/C22H19ClN2O4S/c1-2-25(21-24-18(11-23)19(30-21)20(26)27)22(28)29-12-17-15-9-5-3-7-13(15)14-8-4-6-10-16(14)17/h3-10,17H,2,11-12H2,1H3,(H,26,27). The number of alkyl halides is 1. The molecule has 1 N–H and O–H groups in total. The number of ether oxygens (including phenoxy) is 1. The van der Waals surface area contributed by atoms with Gasteiger partial charge in [0.1, 0.15) is 11.5 Å². The molecule has 8 heteroatoms. The smallest absolute Gasteiger partial charge is 0.416 e. The maximum absolute atomic E-state index is 12.8. The molecule has 4 rings (SSSR count). The average Bonchev–Trinajstić information content (AvgIpc) is 3.32. The minimum absolute atomic E-state index is 0.0323. The van der Waals surface area contributed by atoms with Crippen molar-refractivity contribution >= 4 is 40.1 Å². The number of thiazole rings is 1. The van der Waals surface area contributed by atoms with Gasteiger partial charge in [0.25, 0.3) is 0 Å². The van der Waals surface area contributed by atoms with Crippen molar-refractivity contribution in [1.29, 1.82) is 0 Å². The van der Waals surface area contributed by atoms with E-state index in [1.807, 2.05) is 24.3 Å². The lowest BCUT2D eigenvalue weighted by molar-refractivity contribution is 0.0701. The molecule has 1 amide bonds. The summed E-state index contributed by atoms with van der Waals surface area (Å²) in [5.74, 6) is -1.21. The molecule has 1 heterocycles. The maximum atomic E-state index is 12.8. The van der Waals surface area contributed by atoms with E-state index < -0.39 is 12.1 Å². The Morgan fingerprint density at radius 3 is 2.23 bits per heavy atom. The molecule has 3 aromatic rings. The summed E-state index contributed by atoms with van der Waals surface area (Å²) in [5, 5.41) is 9.58. The van der Waals surface area contributed by atoms with E-state index in [1.165, 1.54) is 4.90 Å². The number of hydrogen-bond donors (Lipinski definition) is 1. The number of carbonyl (C=O) groups is 2. The highest BCUT2D eigenvalue weighted by molar-refractivity contribution is 7.17. The van der Waals surface area contributed by atoms with Crippen LogP contribution in [0.4, 0.5) is 9.93 Å². The summed E-state index contributed by atoms with van der Waals surface area (Å²) in [7, 11) is 0. The van der Waals surface area contributed by atoms with Gasteiger partial charge in [-0.1, -0.05) is 59.9 Å². The van der Waals surface area contributed by atoms with Gasteiger partial charge in [0.2, 0.25) is 0 Å². The Hall–Kier alpha value is -2.90. The molecule has 0 aliphatic heterocycles. The summed E-state index contributed by atoms with van der Waals surface area (Å²) in [5.41, 5.74) is 4.80. The summed E-state index contributed by atoms with van der Waals surface area (Å²) < 4.78 is 5.66. The van der Waals surface area contributed by atoms with Gasteiger partial charge in [0.05, 0.1) is 11.6 Å². The normalized spacial score (nSPS) is 12.3.